The van der Waals surface area contributed by atoms with Crippen LogP contribution in [0.15, 0.2) is 18.2 Å². The van der Waals surface area contributed by atoms with E-state index in [-0.39, 0.29) is 18.5 Å². The van der Waals surface area contributed by atoms with Gasteiger partial charge in [0.1, 0.15) is 5.82 Å². The summed E-state index contributed by atoms with van der Waals surface area (Å²) in [6.07, 6.45) is 0. The minimum atomic E-state index is -0.288. The van der Waals surface area contributed by atoms with Gasteiger partial charge < -0.3 is 10.8 Å². The zero-order valence-electron chi connectivity index (χ0n) is 9.78. The van der Waals surface area contributed by atoms with E-state index < -0.39 is 0 Å². The number of anilines is 1. The molecule has 0 heterocycles. The molecule has 0 atom stereocenters. The topological polar surface area (TPSA) is 49.5 Å². The largest absolute Gasteiger partial charge is 0.398 e. The highest BCUT2D eigenvalue weighted by molar-refractivity contribution is 5.47. The van der Waals surface area contributed by atoms with Gasteiger partial charge in [-0.05, 0) is 26.0 Å². The second-order valence-electron chi connectivity index (χ2n) is 4.10. The van der Waals surface area contributed by atoms with Gasteiger partial charge in [0.25, 0.3) is 0 Å². The van der Waals surface area contributed by atoms with Crippen molar-refractivity contribution in [3.63, 3.8) is 0 Å². The first-order valence-electron chi connectivity index (χ1n) is 5.44. The Balaban J connectivity index is 2.84. The molecule has 0 bridgehead atoms. The highest BCUT2D eigenvalue weighted by Gasteiger charge is 2.14. The van der Waals surface area contributed by atoms with Gasteiger partial charge in [-0.1, -0.05) is 6.07 Å². The van der Waals surface area contributed by atoms with Crippen LogP contribution >= 0.6 is 0 Å². The Labute approximate surface area is 95.7 Å². The van der Waals surface area contributed by atoms with Crippen LogP contribution in [0.25, 0.3) is 0 Å². The van der Waals surface area contributed by atoms with Crippen molar-refractivity contribution < 1.29 is 9.50 Å². The standard InChI is InChI=1S/C12H19FN2O/c1-9(2)15(6-7-16)8-10-11(13)4-3-5-12(10)14/h3-5,9,16H,6-8,14H2,1-2H3. The molecular weight excluding hydrogens is 207 g/mol. The molecule has 16 heavy (non-hydrogen) atoms. The van der Waals surface area contributed by atoms with Crippen LogP contribution in [0.1, 0.15) is 19.4 Å². The Morgan fingerprint density at radius 1 is 1.44 bits per heavy atom. The van der Waals surface area contributed by atoms with Crippen molar-refractivity contribution in [3.05, 3.63) is 29.6 Å². The van der Waals surface area contributed by atoms with E-state index in [1.54, 1.807) is 12.1 Å². The minimum absolute atomic E-state index is 0.0620. The molecule has 4 heteroatoms. The maximum absolute atomic E-state index is 13.5. The zero-order chi connectivity index (χ0) is 12.1. The molecule has 3 nitrogen and oxygen atoms in total. The summed E-state index contributed by atoms with van der Waals surface area (Å²) in [6.45, 7) is 5.02. The van der Waals surface area contributed by atoms with E-state index in [2.05, 4.69) is 0 Å². The number of nitrogen functional groups attached to an aromatic ring is 1. The molecule has 0 unspecified atom stereocenters. The molecule has 0 fully saturated rings. The fourth-order valence-electron chi connectivity index (χ4n) is 1.59. The van der Waals surface area contributed by atoms with Gasteiger partial charge in [0, 0.05) is 30.4 Å². The van der Waals surface area contributed by atoms with Crippen LogP contribution in [0, 0.1) is 5.82 Å². The molecule has 1 rings (SSSR count). The zero-order valence-corrected chi connectivity index (χ0v) is 9.78. The molecule has 0 radical (unpaired) electrons. The lowest BCUT2D eigenvalue weighted by Gasteiger charge is -2.26. The van der Waals surface area contributed by atoms with Gasteiger partial charge in [0.05, 0.1) is 6.61 Å². The monoisotopic (exact) mass is 226 g/mol. The summed E-state index contributed by atoms with van der Waals surface area (Å²) in [4.78, 5) is 1.98. The van der Waals surface area contributed by atoms with Crippen LogP contribution in [0.4, 0.5) is 10.1 Å². The highest BCUT2D eigenvalue weighted by atomic mass is 19.1. The number of nitrogens with zero attached hydrogens (tertiary/aromatic N) is 1. The number of hydrogen-bond donors (Lipinski definition) is 2. The molecule has 0 aliphatic heterocycles. The van der Waals surface area contributed by atoms with Crippen LogP contribution < -0.4 is 5.73 Å². The van der Waals surface area contributed by atoms with E-state index in [0.717, 1.165) is 0 Å². The lowest BCUT2D eigenvalue weighted by Crippen LogP contribution is -2.33. The predicted molar refractivity (Wildman–Crippen MR) is 63.4 cm³/mol. The molecule has 0 aliphatic rings. The average molecular weight is 226 g/mol. The molecule has 1 aromatic rings. The number of aliphatic hydroxyl groups excluding tert-OH is 1. The Morgan fingerprint density at radius 3 is 2.62 bits per heavy atom. The van der Waals surface area contributed by atoms with Gasteiger partial charge in [-0.3, -0.25) is 4.90 Å². The van der Waals surface area contributed by atoms with Gasteiger partial charge >= 0.3 is 0 Å². The van der Waals surface area contributed by atoms with Crippen molar-refractivity contribution in [2.45, 2.75) is 26.4 Å². The van der Waals surface area contributed by atoms with E-state index in [0.29, 0.717) is 24.3 Å². The average Bonchev–Trinajstić information content (AvgIpc) is 2.21. The SMILES string of the molecule is CC(C)N(CCO)Cc1c(N)cccc1F. The summed E-state index contributed by atoms with van der Waals surface area (Å²) in [5.74, 6) is -0.288. The third-order valence-electron chi connectivity index (χ3n) is 2.63. The fourth-order valence-corrected chi connectivity index (χ4v) is 1.59. The highest BCUT2D eigenvalue weighted by Crippen LogP contribution is 2.18. The quantitative estimate of drug-likeness (QED) is 0.750. The van der Waals surface area contributed by atoms with Gasteiger partial charge in [-0.15, -0.1) is 0 Å². The van der Waals surface area contributed by atoms with Crippen molar-refractivity contribution in [2.75, 3.05) is 18.9 Å². The predicted octanol–water partition coefficient (Wildman–Crippen LogP) is 1.61. The summed E-state index contributed by atoms with van der Waals surface area (Å²) in [5.41, 5.74) is 6.70. The van der Waals surface area contributed by atoms with E-state index >= 15 is 0 Å². The molecule has 0 aromatic heterocycles. The molecule has 0 aliphatic carbocycles. The summed E-state index contributed by atoms with van der Waals surface area (Å²) >= 11 is 0. The first-order chi connectivity index (χ1) is 7.56. The summed E-state index contributed by atoms with van der Waals surface area (Å²) < 4.78 is 13.5. The first-order valence-corrected chi connectivity index (χ1v) is 5.44. The van der Waals surface area contributed by atoms with Crippen molar-refractivity contribution in [1.29, 1.82) is 0 Å². The van der Waals surface area contributed by atoms with E-state index in [1.807, 2.05) is 18.7 Å². The molecule has 1 aromatic carbocycles. The Bertz CT molecular complexity index is 322. The molecule has 90 valence electrons. The second-order valence-corrected chi connectivity index (χ2v) is 4.10. The third kappa shape index (κ3) is 3.18. The van der Waals surface area contributed by atoms with Crippen LogP contribution in [0.3, 0.4) is 0 Å². The van der Waals surface area contributed by atoms with Crippen LogP contribution in [-0.4, -0.2) is 29.2 Å². The van der Waals surface area contributed by atoms with Crippen molar-refractivity contribution in [2.24, 2.45) is 0 Å². The number of hydrogen-bond acceptors (Lipinski definition) is 3. The van der Waals surface area contributed by atoms with Crippen LogP contribution in [-0.2, 0) is 6.54 Å². The van der Waals surface area contributed by atoms with Crippen molar-refractivity contribution in [3.8, 4) is 0 Å². The van der Waals surface area contributed by atoms with Crippen LogP contribution in [0.2, 0.25) is 0 Å². The first kappa shape index (κ1) is 12.9. The van der Waals surface area contributed by atoms with E-state index in [1.165, 1.54) is 6.07 Å². The van der Waals surface area contributed by atoms with Gasteiger partial charge in [-0.25, -0.2) is 4.39 Å². The normalized spacial score (nSPS) is 11.4. The van der Waals surface area contributed by atoms with Gasteiger partial charge in [0.2, 0.25) is 0 Å². The lowest BCUT2D eigenvalue weighted by atomic mass is 10.1. The second kappa shape index (κ2) is 5.82. The van der Waals surface area contributed by atoms with Crippen LogP contribution in [0.5, 0.6) is 0 Å². The number of benzene rings is 1. The number of aliphatic hydroxyl groups is 1. The van der Waals surface area contributed by atoms with Crippen molar-refractivity contribution >= 4 is 5.69 Å². The van der Waals surface area contributed by atoms with Gasteiger partial charge in [-0.2, -0.15) is 0 Å². The van der Waals surface area contributed by atoms with Crippen molar-refractivity contribution in [1.82, 2.24) is 4.90 Å². The number of nitrogens with two attached hydrogens (primary N) is 1. The smallest absolute Gasteiger partial charge is 0.129 e. The summed E-state index contributed by atoms with van der Waals surface area (Å²) in [7, 11) is 0. The molecule has 0 saturated carbocycles. The molecule has 0 saturated heterocycles. The summed E-state index contributed by atoms with van der Waals surface area (Å²) in [6, 6.07) is 4.94. The maximum Gasteiger partial charge on any atom is 0.129 e. The number of rotatable bonds is 5. The Morgan fingerprint density at radius 2 is 2.12 bits per heavy atom. The molecular formula is C12H19FN2O. The Hall–Kier alpha value is -1.13. The fraction of sp³-hybridized carbons (Fsp3) is 0.500. The van der Waals surface area contributed by atoms with E-state index in [4.69, 9.17) is 10.8 Å². The minimum Gasteiger partial charge on any atom is -0.398 e. The lowest BCUT2D eigenvalue weighted by molar-refractivity contribution is 0.158. The summed E-state index contributed by atoms with van der Waals surface area (Å²) in [5, 5.41) is 8.94. The Kier molecular flexibility index (Phi) is 4.71. The maximum atomic E-state index is 13.5. The number of halogens is 1. The van der Waals surface area contributed by atoms with Gasteiger partial charge in [0.15, 0.2) is 0 Å². The molecule has 0 amide bonds. The third-order valence-corrected chi connectivity index (χ3v) is 2.63. The molecule has 0 spiro atoms. The molecule has 3 N–H and O–H groups in total. The van der Waals surface area contributed by atoms with E-state index in [9.17, 15) is 4.39 Å².